The lowest BCUT2D eigenvalue weighted by molar-refractivity contribution is -0.148. The first-order chi connectivity index (χ1) is 14.5. The highest BCUT2D eigenvalue weighted by molar-refractivity contribution is 6.05. The molecule has 3 amide bonds. The number of anilines is 1. The summed E-state index contributed by atoms with van der Waals surface area (Å²) in [5, 5.41) is 4.74. The minimum atomic E-state index is -0.628. The number of fused-ring (bicyclic) bond motifs is 2. The van der Waals surface area contributed by atoms with E-state index in [2.05, 4.69) is 5.32 Å². The van der Waals surface area contributed by atoms with Crippen molar-refractivity contribution in [1.82, 2.24) is 4.90 Å². The summed E-state index contributed by atoms with van der Waals surface area (Å²) in [6.07, 6.45) is 4.82. The number of benzene rings is 2. The predicted molar refractivity (Wildman–Crippen MR) is 110 cm³/mol. The minimum absolute atomic E-state index is 0.0181. The fraction of sp³-hybridized carbons (Fsp3) is 0.304. The molecule has 1 aliphatic carbocycles. The summed E-state index contributed by atoms with van der Waals surface area (Å²) in [5.41, 5.74) is 0.610. The van der Waals surface area contributed by atoms with Gasteiger partial charge in [0.25, 0.3) is 5.91 Å². The quantitative estimate of drug-likeness (QED) is 0.452. The van der Waals surface area contributed by atoms with Crippen molar-refractivity contribution < 1.29 is 23.9 Å². The molecule has 1 aliphatic heterocycles. The molecule has 0 radical (unpaired) electrons. The van der Waals surface area contributed by atoms with Crippen molar-refractivity contribution in [3.8, 4) is 0 Å². The lowest BCUT2D eigenvalue weighted by Gasteiger charge is -2.14. The first kappa shape index (κ1) is 19.8. The number of amides is 3. The molecule has 4 rings (SSSR count). The molecular weight excluding hydrogens is 384 g/mol. The summed E-state index contributed by atoms with van der Waals surface area (Å²) in [5.74, 6) is -2.16. The zero-order valence-electron chi connectivity index (χ0n) is 16.4. The number of imide groups is 1. The van der Waals surface area contributed by atoms with Crippen molar-refractivity contribution in [1.29, 1.82) is 0 Å². The molecule has 2 atom stereocenters. The molecule has 1 fully saturated rings. The molecule has 0 unspecified atom stereocenters. The molecule has 2 aromatic rings. The van der Waals surface area contributed by atoms with Crippen LogP contribution in [0.3, 0.4) is 0 Å². The number of rotatable bonds is 6. The molecular formula is C23H22N2O5. The standard InChI is InChI=1S/C23H22N2O5/c26-20(24-17-10-9-15-5-1-2-6-16(15)13-17)14-30-21(27)11-12-25-22(28)18-7-3-4-8-19(18)23(25)29/h1-6,9-10,13,18-19H,7-8,11-12,14H2,(H,24,26)/t18-,19-/m1/s1. The predicted octanol–water partition coefficient (Wildman–Crippen LogP) is 2.66. The van der Waals surface area contributed by atoms with E-state index in [1.165, 1.54) is 0 Å². The molecule has 30 heavy (non-hydrogen) atoms. The Balaban J connectivity index is 1.24. The van der Waals surface area contributed by atoms with Crippen molar-refractivity contribution >= 4 is 40.2 Å². The highest BCUT2D eigenvalue weighted by Crippen LogP contribution is 2.35. The van der Waals surface area contributed by atoms with Gasteiger partial charge in [0.15, 0.2) is 6.61 Å². The van der Waals surface area contributed by atoms with Gasteiger partial charge in [0.2, 0.25) is 11.8 Å². The highest BCUT2D eigenvalue weighted by Gasteiger charge is 2.46. The fourth-order valence-electron chi connectivity index (χ4n) is 3.97. The molecule has 2 aromatic carbocycles. The van der Waals surface area contributed by atoms with Crippen LogP contribution in [0.4, 0.5) is 5.69 Å². The molecule has 7 nitrogen and oxygen atoms in total. The number of likely N-dealkylation sites (tertiary alicyclic amines) is 1. The van der Waals surface area contributed by atoms with E-state index in [0.717, 1.165) is 15.7 Å². The Morgan fingerprint density at radius 1 is 0.967 bits per heavy atom. The second-order valence-electron chi connectivity index (χ2n) is 7.50. The van der Waals surface area contributed by atoms with E-state index in [1.54, 1.807) is 6.07 Å². The number of carbonyl (C=O) groups is 4. The second-order valence-corrected chi connectivity index (χ2v) is 7.50. The zero-order valence-corrected chi connectivity index (χ0v) is 16.4. The smallest absolute Gasteiger partial charge is 0.308 e. The third-order valence-electron chi connectivity index (χ3n) is 5.54. The van der Waals surface area contributed by atoms with E-state index < -0.39 is 18.5 Å². The van der Waals surface area contributed by atoms with E-state index in [4.69, 9.17) is 4.74 Å². The van der Waals surface area contributed by atoms with E-state index in [1.807, 2.05) is 48.6 Å². The van der Waals surface area contributed by atoms with Crippen molar-refractivity contribution in [2.45, 2.75) is 19.3 Å². The fourth-order valence-corrected chi connectivity index (χ4v) is 3.97. The average Bonchev–Trinajstić information content (AvgIpc) is 3.01. The van der Waals surface area contributed by atoms with Crippen LogP contribution in [-0.2, 0) is 23.9 Å². The minimum Gasteiger partial charge on any atom is -0.456 e. The molecule has 0 spiro atoms. The summed E-state index contributed by atoms with van der Waals surface area (Å²) >= 11 is 0. The van der Waals surface area contributed by atoms with E-state index in [0.29, 0.717) is 18.5 Å². The Bertz CT molecular complexity index is 1020. The molecule has 0 saturated carbocycles. The van der Waals surface area contributed by atoms with Crippen LogP contribution in [0.5, 0.6) is 0 Å². The third kappa shape index (κ3) is 4.10. The van der Waals surface area contributed by atoms with Gasteiger partial charge in [-0.2, -0.15) is 0 Å². The van der Waals surface area contributed by atoms with E-state index in [-0.39, 0.29) is 36.6 Å². The van der Waals surface area contributed by atoms with Gasteiger partial charge in [0.05, 0.1) is 18.3 Å². The third-order valence-corrected chi connectivity index (χ3v) is 5.54. The Morgan fingerprint density at radius 3 is 2.33 bits per heavy atom. The van der Waals surface area contributed by atoms with Gasteiger partial charge in [-0.25, -0.2) is 0 Å². The number of allylic oxidation sites excluding steroid dienone is 2. The van der Waals surface area contributed by atoms with Crippen LogP contribution in [0.1, 0.15) is 19.3 Å². The summed E-state index contributed by atoms with van der Waals surface area (Å²) in [6.45, 7) is -0.446. The monoisotopic (exact) mass is 406 g/mol. The molecule has 7 heteroatoms. The van der Waals surface area contributed by atoms with Crippen LogP contribution < -0.4 is 5.32 Å². The Hall–Kier alpha value is -3.48. The van der Waals surface area contributed by atoms with Crippen molar-refractivity contribution in [2.24, 2.45) is 11.8 Å². The van der Waals surface area contributed by atoms with Gasteiger partial charge in [-0.1, -0.05) is 42.5 Å². The first-order valence-electron chi connectivity index (χ1n) is 9.97. The topological polar surface area (TPSA) is 92.8 Å². The van der Waals surface area contributed by atoms with Crippen LogP contribution >= 0.6 is 0 Å². The van der Waals surface area contributed by atoms with E-state index >= 15 is 0 Å². The lowest BCUT2D eigenvalue weighted by Crippen LogP contribution is -2.33. The van der Waals surface area contributed by atoms with E-state index in [9.17, 15) is 19.2 Å². The van der Waals surface area contributed by atoms with Gasteiger partial charge in [0.1, 0.15) is 0 Å². The van der Waals surface area contributed by atoms with Gasteiger partial charge in [-0.05, 0) is 35.7 Å². The number of esters is 1. The van der Waals surface area contributed by atoms with Crippen LogP contribution in [0.15, 0.2) is 54.6 Å². The Labute approximate surface area is 173 Å². The van der Waals surface area contributed by atoms with Gasteiger partial charge in [-0.15, -0.1) is 0 Å². The second kappa shape index (κ2) is 8.49. The van der Waals surface area contributed by atoms with Gasteiger partial charge >= 0.3 is 5.97 Å². The maximum atomic E-state index is 12.4. The lowest BCUT2D eigenvalue weighted by atomic mass is 9.85. The maximum absolute atomic E-state index is 12.4. The molecule has 1 N–H and O–H groups in total. The highest BCUT2D eigenvalue weighted by atomic mass is 16.5. The summed E-state index contributed by atoms with van der Waals surface area (Å²) < 4.78 is 5.00. The first-order valence-corrected chi connectivity index (χ1v) is 9.97. The van der Waals surface area contributed by atoms with Crippen molar-refractivity contribution in [2.75, 3.05) is 18.5 Å². The number of nitrogens with one attached hydrogen (secondary N) is 1. The summed E-state index contributed by atoms with van der Waals surface area (Å²) in [4.78, 5) is 50.0. The molecule has 2 aliphatic rings. The van der Waals surface area contributed by atoms with Crippen LogP contribution in [0.25, 0.3) is 10.8 Å². The molecule has 1 saturated heterocycles. The van der Waals surface area contributed by atoms with Gasteiger partial charge in [-0.3, -0.25) is 24.1 Å². The summed E-state index contributed by atoms with van der Waals surface area (Å²) in [6, 6.07) is 13.3. The molecule has 0 bridgehead atoms. The zero-order chi connectivity index (χ0) is 21.1. The van der Waals surface area contributed by atoms with Gasteiger partial charge < -0.3 is 10.1 Å². The largest absolute Gasteiger partial charge is 0.456 e. The molecule has 154 valence electrons. The van der Waals surface area contributed by atoms with Crippen molar-refractivity contribution in [3.05, 3.63) is 54.6 Å². The van der Waals surface area contributed by atoms with Gasteiger partial charge in [0, 0.05) is 12.2 Å². The van der Waals surface area contributed by atoms with Crippen LogP contribution in [0.2, 0.25) is 0 Å². The normalized spacial score (nSPS) is 20.3. The number of hydrogen-bond donors (Lipinski definition) is 1. The number of nitrogens with zero attached hydrogens (tertiary/aromatic N) is 1. The number of hydrogen-bond acceptors (Lipinski definition) is 5. The van der Waals surface area contributed by atoms with Crippen molar-refractivity contribution in [3.63, 3.8) is 0 Å². The van der Waals surface area contributed by atoms with Crippen LogP contribution in [-0.4, -0.2) is 41.7 Å². The summed E-state index contributed by atoms with van der Waals surface area (Å²) in [7, 11) is 0. The molecule has 0 aromatic heterocycles. The average molecular weight is 406 g/mol. The maximum Gasteiger partial charge on any atom is 0.308 e. The number of carbonyl (C=O) groups excluding carboxylic acids is 4. The Kier molecular flexibility index (Phi) is 5.61. The molecule has 1 heterocycles. The van der Waals surface area contributed by atoms with Crippen LogP contribution in [0, 0.1) is 11.8 Å². The number of ether oxygens (including phenoxy) is 1. The SMILES string of the molecule is O=C(COC(=O)CCN1C(=O)[C@@H]2CC=CC[C@H]2C1=O)Nc1ccc2ccccc2c1. The Morgan fingerprint density at radius 2 is 1.63 bits per heavy atom.